The summed E-state index contributed by atoms with van der Waals surface area (Å²) in [5.74, 6) is -0.458. The van der Waals surface area contributed by atoms with Crippen LogP contribution in [0.3, 0.4) is 0 Å². The van der Waals surface area contributed by atoms with Crippen LogP contribution < -0.4 is 10.2 Å². The van der Waals surface area contributed by atoms with Crippen molar-refractivity contribution in [2.75, 3.05) is 29.1 Å². The number of piperidine rings is 1. The first kappa shape index (κ1) is 19.2. The molecule has 1 aromatic carbocycles. The van der Waals surface area contributed by atoms with Gasteiger partial charge in [-0.05, 0) is 43.7 Å². The zero-order valence-corrected chi connectivity index (χ0v) is 16.5. The number of nitrogens with zero attached hydrogens (tertiary/aromatic N) is 4. The van der Waals surface area contributed by atoms with Crippen LogP contribution in [0.2, 0.25) is 0 Å². The Bertz CT molecular complexity index is 862. The number of carbonyl (C=O) groups excluding carboxylic acids is 1. The van der Waals surface area contributed by atoms with Gasteiger partial charge in [-0.25, -0.2) is 8.78 Å². The van der Waals surface area contributed by atoms with Gasteiger partial charge in [-0.3, -0.25) is 9.36 Å². The van der Waals surface area contributed by atoms with Crippen molar-refractivity contribution >= 4 is 29.3 Å². The molecular weight excluding hydrogens is 384 g/mol. The minimum absolute atomic E-state index is 0.126. The van der Waals surface area contributed by atoms with E-state index in [1.165, 1.54) is 17.8 Å². The van der Waals surface area contributed by atoms with Crippen LogP contribution in [0.15, 0.2) is 23.4 Å². The van der Waals surface area contributed by atoms with Crippen molar-refractivity contribution in [3.05, 3.63) is 29.8 Å². The second-order valence-electron chi connectivity index (χ2n) is 7.52. The van der Waals surface area contributed by atoms with Gasteiger partial charge in [0.15, 0.2) is 16.8 Å². The quantitative estimate of drug-likeness (QED) is 0.737. The van der Waals surface area contributed by atoms with Crippen molar-refractivity contribution in [2.45, 2.75) is 43.8 Å². The molecule has 1 amide bonds. The summed E-state index contributed by atoms with van der Waals surface area (Å²) in [7, 11) is 0. The highest BCUT2D eigenvalue weighted by molar-refractivity contribution is 7.99. The van der Waals surface area contributed by atoms with Crippen LogP contribution in [-0.2, 0) is 4.79 Å². The Morgan fingerprint density at radius 3 is 2.61 bits per heavy atom. The Kier molecular flexibility index (Phi) is 5.52. The molecule has 150 valence electrons. The van der Waals surface area contributed by atoms with Crippen molar-refractivity contribution < 1.29 is 13.6 Å². The summed E-state index contributed by atoms with van der Waals surface area (Å²) in [6, 6.07) is 3.71. The molecule has 0 radical (unpaired) electrons. The standard InChI is InChI=1S/C19H23F2N5OS/c1-12-6-8-25(9-7-12)18-23-24-19(26(18)14-3-4-14)28-11-17(27)22-13-2-5-15(20)16(21)10-13/h2,5,10,12,14H,3-4,6-9,11H2,1H3,(H,22,27). The number of amides is 1. The Labute approximate surface area is 166 Å². The van der Waals surface area contributed by atoms with Gasteiger partial charge in [0.05, 0.1) is 5.75 Å². The van der Waals surface area contributed by atoms with Gasteiger partial charge in [-0.15, -0.1) is 10.2 Å². The first-order chi connectivity index (χ1) is 13.5. The number of anilines is 2. The fourth-order valence-corrected chi connectivity index (χ4v) is 4.15. The summed E-state index contributed by atoms with van der Waals surface area (Å²) in [6.07, 6.45) is 4.50. The predicted molar refractivity (Wildman–Crippen MR) is 105 cm³/mol. The van der Waals surface area contributed by atoms with Crippen LogP contribution in [0, 0.1) is 17.6 Å². The highest BCUT2D eigenvalue weighted by Crippen LogP contribution is 2.41. The maximum atomic E-state index is 13.3. The van der Waals surface area contributed by atoms with Crippen LogP contribution in [-0.4, -0.2) is 39.5 Å². The predicted octanol–water partition coefficient (Wildman–Crippen LogP) is 3.86. The molecule has 1 saturated carbocycles. The highest BCUT2D eigenvalue weighted by atomic mass is 32.2. The second-order valence-corrected chi connectivity index (χ2v) is 8.46. The Morgan fingerprint density at radius 2 is 1.93 bits per heavy atom. The van der Waals surface area contributed by atoms with Crippen molar-refractivity contribution in [2.24, 2.45) is 5.92 Å². The molecular formula is C19H23F2N5OS. The molecule has 9 heteroatoms. The van der Waals surface area contributed by atoms with Gasteiger partial charge < -0.3 is 10.2 Å². The van der Waals surface area contributed by atoms with Crippen molar-refractivity contribution in [3.63, 3.8) is 0 Å². The molecule has 0 spiro atoms. The second kappa shape index (κ2) is 8.06. The van der Waals surface area contributed by atoms with Crippen molar-refractivity contribution in [1.29, 1.82) is 0 Å². The zero-order chi connectivity index (χ0) is 19.7. The number of thioether (sulfide) groups is 1. The summed E-state index contributed by atoms with van der Waals surface area (Å²) < 4.78 is 28.4. The minimum Gasteiger partial charge on any atom is -0.341 e. The maximum absolute atomic E-state index is 13.3. The van der Waals surface area contributed by atoms with Gasteiger partial charge in [-0.1, -0.05) is 18.7 Å². The molecule has 1 N–H and O–H groups in total. The molecule has 2 aliphatic rings. The number of rotatable bonds is 6. The monoisotopic (exact) mass is 407 g/mol. The summed E-state index contributed by atoms with van der Waals surface area (Å²) in [5, 5.41) is 12.0. The van der Waals surface area contributed by atoms with E-state index in [2.05, 4.69) is 31.9 Å². The lowest BCUT2D eigenvalue weighted by Crippen LogP contribution is -2.34. The Hall–Kier alpha value is -2.16. The molecule has 1 aliphatic heterocycles. The first-order valence-corrected chi connectivity index (χ1v) is 10.6. The first-order valence-electron chi connectivity index (χ1n) is 9.59. The molecule has 2 heterocycles. The average molecular weight is 407 g/mol. The fourth-order valence-electron chi connectivity index (χ4n) is 3.35. The average Bonchev–Trinajstić information content (AvgIpc) is 3.43. The molecule has 2 aromatic rings. The van der Waals surface area contributed by atoms with E-state index in [9.17, 15) is 13.6 Å². The number of hydrogen-bond acceptors (Lipinski definition) is 5. The van der Waals surface area contributed by atoms with Crippen molar-refractivity contribution in [1.82, 2.24) is 14.8 Å². The number of carbonyl (C=O) groups is 1. The van der Waals surface area contributed by atoms with Gasteiger partial charge in [0.1, 0.15) is 0 Å². The van der Waals surface area contributed by atoms with E-state index in [0.717, 1.165) is 67.9 Å². The van der Waals surface area contributed by atoms with Crippen LogP contribution in [0.4, 0.5) is 20.4 Å². The zero-order valence-electron chi connectivity index (χ0n) is 15.7. The topological polar surface area (TPSA) is 63.1 Å². The Balaban J connectivity index is 1.40. The third-order valence-electron chi connectivity index (χ3n) is 5.16. The number of aromatic nitrogens is 3. The van der Waals surface area contributed by atoms with Gasteiger partial charge in [-0.2, -0.15) is 0 Å². The SMILES string of the molecule is CC1CCN(c2nnc(SCC(=O)Nc3ccc(F)c(F)c3)n2C2CC2)CC1. The van der Waals surface area contributed by atoms with Crippen molar-refractivity contribution in [3.8, 4) is 0 Å². The highest BCUT2D eigenvalue weighted by Gasteiger charge is 2.32. The maximum Gasteiger partial charge on any atom is 0.234 e. The molecule has 0 unspecified atom stereocenters. The summed E-state index contributed by atoms with van der Waals surface area (Å²) in [6.45, 7) is 4.23. The van der Waals surface area contributed by atoms with E-state index in [0.29, 0.717) is 6.04 Å². The number of hydrogen-bond donors (Lipinski definition) is 1. The van der Waals surface area contributed by atoms with E-state index in [-0.39, 0.29) is 17.3 Å². The van der Waals surface area contributed by atoms with Gasteiger partial charge in [0.2, 0.25) is 11.9 Å². The number of benzene rings is 1. The summed E-state index contributed by atoms with van der Waals surface area (Å²) in [4.78, 5) is 14.5. The third kappa shape index (κ3) is 4.29. The smallest absolute Gasteiger partial charge is 0.234 e. The van der Waals surface area contributed by atoms with E-state index >= 15 is 0 Å². The van der Waals surface area contributed by atoms with E-state index in [4.69, 9.17) is 0 Å². The summed E-state index contributed by atoms with van der Waals surface area (Å²) in [5.41, 5.74) is 0.233. The molecule has 0 atom stereocenters. The molecule has 0 bridgehead atoms. The van der Waals surface area contributed by atoms with Crippen LogP contribution in [0.5, 0.6) is 0 Å². The largest absolute Gasteiger partial charge is 0.341 e. The van der Waals surface area contributed by atoms with Gasteiger partial charge in [0.25, 0.3) is 0 Å². The molecule has 1 saturated heterocycles. The van der Waals surface area contributed by atoms with Crippen LogP contribution in [0.1, 0.15) is 38.6 Å². The van der Waals surface area contributed by atoms with E-state index in [1.54, 1.807) is 0 Å². The van der Waals surface area contributed by atoms with E-state index < -0.39 is 11.6 Å². The minimum atomic E-state index is -0.987. The van der Waals surface area contributed by atoms with Crippen LogP contribution >= 0.6 is 11.8 Å². The lowest BCUT2D eigenvalue weighted by atomic mass is 10.00. The Morgan fingerprint density at radius 1 is 1.18 bits per heavy atom. The van der Waals surface area contributed by atoms with Crippen LogP contribution in [0.25, 0.3) is 0 Å². The lowest BCUT2D eigenvalue weighted by Gasteiger charge is -2.31. The lowest BCUT2D eigenvalue weighted by molar-refractivity contribution is -0.113. The molecule has 28 heavy (non-hydrogen) atoms. The van der Waals surface area contributed by atoms with Gasteiger partial charge in [0, 0.05) is 30.9 Å². The number of halogens is 2. The molecule has 4 rings (SSSR count). The van der Waals surface area contributed by atoms with E-state index in [1.807, 2.05) is 0 Å². The molecule has 1 aliphatic carbocycles. The number of nitrogens with one attached hydrogen (secondary N) is 1. The molecule has 2 fully saturated rings. The van der Waals surface area contributed by atoms with Gasteiger partial charge >= 0.3 is 0 Å². The molecule has 1 aromatic heterocycles. The fraction of sp³-hybridized carbons (Fsp3) is 0.526. The third-order valence-corrected chi connectivity index (χ3v) is 6.10. The molecule has 6 nitrogen and oxygen atoms in total. The normalized spacial score (nSPS) is 17.8. The summed E-state index contributed by atoms with van der Waals surface area (Å²) >= 11 is 1.32.